The van der Waals surface area contributed by atoms with E-state index in [0.29, 0.717) is 0 Å². The third-order valence-corrected chi connectivity index (χ3v) is 0.357. The Morgan fingerprint density at radius 2 is 1.78 bits per heavy atom. The summed E-state index contributed by atoms with van der Waals surface area (Å²) in [7, 11) is 0. The number of hydrogen-bond acceptors (Lipinski definition) is 3. The van der Waals surface area contributed by atoms with Crippen LogP contribution in [0.2, 0.25) is 0 Å². The highest BCUT2D eigenvalue weighted by atomic mass is 16.4. The first-order valence-corrected chi connectivity index (χ1v) is 2.37. The van der Waals surface area contributed by atoms with Crippen molar-refractivity contribution in [1.29, 1.82) is 0 Å². The third-order valence-electron chi connectivity index (χ3n) is 0.357. The number of aliphatic carboxylic acids is 1. The van der Waals surface area contributed by atoms with Crippen molar-refractivity contribution in [2.75, 3.05) is 0 Å². The molecular formula is C5H10O4. The number of carbonyl (C=O) groups is 2. The first-order chi connectivity index (χ1) is 4.06. The number of carbonyl (C=O) groups excluding carboxylic acids is 1. The minimum Gasteiger partial charge on any atom is -0.479 e. The molecule has 0 saturated carbocycles. The summed E-state index contributed by atoms with van der Waals surface area (Å²) in [6.07, 6.45) is -0.481. The van der Waals surface area contributed by atoms with Gasteiger partial charge < -0.3 is 15.0 Å². The van der Waals surface area contributed by atoms with Crippen LogP contribution in [-0.4, -0.2) is 28.6 Å². The van der Waals surface area contributed by atoms with Gasteiger partial charge in [-0.25, -0.2) is 4.79 Å². The van der Waals surface area contributed by atoms with Gasteiger partial charge in [-0.2, -0.15) is 0 Å². The zero-order chi connectivity index (χ0) is 7.86. The Bertz CT molecular complexity index is 87.0. The predicted molar refractivity (Wildman–Crippen MR) is 31.1 cm³/mol. The van der Waals surface area contributed by atoms with Gasteiger partial charge in [0.1, 0.15) is 12.4 Å². The second-order valence-electron chi connectivity index (χ2n) is 1.25. The largest absolute Gasteiger partial charge is 0.479 e. The van der Waals surface area contributed by atoms with Gasteiger partial charge in [0.25, 0.3) is 0 Å². The van der Waals surface area contributed by atoms with E-state index < -0.39 is 12.1 Å². The van der Waals surface area contributed by atoms with Gasteiger partial charge in [0.05, 0.1) is 0 Å². The monoisotopic (exact) mass is 134 g/mol. The number of rotatable bonds is 1. The highest BCUT2D eigenvalue weighted by Crippen LogP contribution is 1.73. The Balaban J connectivity index is 0. The van der Waals surface area contributed by atoms with Gasteiger partial charge in [0.2, 0.25) is 0 Å². The van der Waals surface area contributed by atoms with Crippen LogP contribution in [0.5, 0.6) is 0 Å². The van der Waals surface area contributed by atoms with Gasteiger partial charge in [-0.05, 0) is 13.8 Å². The Labute approximate surface area is 53.1 Å². The van der Waals surface area contributed by atoms with Crippen molar-refractivity contribution in [1.82, 2.24) is 0 Å². The zero-order valence-electron chi connectivity index (χ0n) is 5.37. The number of aldehydes is 1. The van der Waals surface area contributed by atoms with Crippen LogP contribution in [0.25, 0.3) is 0 Å². The van der Waals surface area contributed by atoms with Gasteiger partial charge in [0.15, 0.2) is 0 Å². The van der Waals surface area contributed by atoms with Crippen molar-refractivity contribution < 1.29 is 19.8 Å². The van der Waals surface area contributed by atoms with Crippen molar-refractivity contribution in [3.8, 4) is 0 Å². The molecule has 1 unspecified atom stereocenters. The van der Waals surface area contributed by atoms with Crippen LogP contribution in [0.1, 0.15) is 13.8 Å². The Morgan fingerprint density at radius 1 is 1.67 bits per heavy atom. The minimum atomic E-state index is -1.23. The molecule has 0 aromatic carbocycles. The molecule has 0 aromatic rings. The molecule has 2 N–H and O–H groups in total. The zero-order valence-corrected chi connectivity index (χ0v) is 5.37. The van der Waals surface area contributed by atoms with E-state index in [4.69, 9.17) is 15.0 Å². The van der Waals surface area contributed by atoms with E-state index in [1.807, 2.05) is 0 Å². The predicted octanol–water partition coefficient (Wildman–Crippen LogP) is -0.343. The van der Waals surface area contributed by atoms with Crippen molar-refractivity contribution in [2.45, 2.75) is 20.0 Å². The molecule has 1 atom stereocenters. The maximum Gasteiger partial charge on any atom is 0.332 e. The lowest BCUT2D eigenvalue weighted by molar-refractivity contribution is -0.145. The summed E-state index contributed by atoms with van der Waals surface area (Å²) in [5.41, 5.74) is 0. The number of aliphatic hydroxyl groups is 1. The molecule has 0 amide bonds. The van der Waals surface area contributed by atoms with Crippen LogP contribution in [-0.2, 0) is 9.59 Å². The Morgan fingerprint density at radius 3 is 1.78 bits per heavy atom. The minimum absolute atomic E-state index is 0.750. The van der Waals surface area contributed by atoms with Gasteiger partial charge in [-0.3, -0.25) is 0 Å². The van der Waals surface area contributed by atoms with Gasteiger partial charge >= 0.3 is 5.97 Å². The lowest BCUT2D eigenvalue weighted by atomic mass is 10.4. The maximum absolute atomic E-state index is 9.45. The van der Waals surface area contributed by atoms with E-state index in [1.165, 1.54) is 13.8 Å². The van der Waals surface area contributed by atoms with Gasteiger partial charge in [-0.15, -0.1) is 0 Å². The molecule has 0 aliphatic heterocycles. The summed E-state index contributed by atoms with van der Waals surface area (Å²) in [5.74, 6) is -1.19. The van der Waals surface area contributed by atoms with E-state index in [-0.39, 0.29) is 0 Å². The average molecular weight is 134 g/mol. The molecule has 0 heterocycles. The molecule has 0 radical (unpaired) electrons. The molecule has 0 bridgehead atoms. The second-order valence-corrected chi connectivity index (χ2v) is 1.25. The second kappa shape index (κ2) is 7.10. The molecule has 54 valence electrons. The van der Waals surface area contributed by atoms with E-state index in [1.54, 1.807) is 0 Å². The van der Waals surface area contributed by atoms with Crippen molar-refractivity contribution in [3.05, 3.63) is 0 Å². The molecule has 0 saturated heterocycles. The average Bonchev–Trinajstić information content (AvgIpc) is 1.68. The van der Waals surface area contributed by atoms with Gasteiger partial charge in [-0.1, -0.05) is 0 Å². The molecular weight excluding hydrogens is 124 g/mol. The lowest BCUT2D eigenvalue weighted by Gasteiger charge is -1.89. The summed E-state index contributed by atoms with van der Waals surface area (Å²) in [6, 6.07) is 0. The summed E-state index contributed by atoms with van der Waals surface area (Å²) >= 11 is 0. The number of hydrogen-bond donors (Lipinski definition) is 2. The molecule has 0 aliphatic rings. The number of aliphatic hydroxyl groups excluding tert-OH is 1. The number of carboxylic acid groups (broad SMARTS) is 1. The Hall–Kier alpha value is -0.900. The van der Waals surface area contributed by atoms with E-state index >= 15 is 0 Å². The van der Waals surface area contributed by atoms with Crippen molar-refractivity contribution in [3.63, 3.8) is 0 Å². The molecule has 0 aromatic heterocycles. The van der Waals surface area contributed by atoms with Crippen LogP contribution in [0.15, 0.2) is 0 Å². The van der Waals surface area contributed by atoms with E-state index in [2.05, 4.69) is 0 Å². The quantitative estimate of drug-likeness (QED) is 0.481. The summed E-state index contributed by atoms with van der Waals surface area (Å²) in [4.78, 5) is 18.3. The fraction of sp³-hybridized carbons (Fsp3) is 0.600. The standard InChI is InChI=1S/C3H6O3.C2H4O/c1-2(4)3(5)6;1-2-3/h2,4H,1H3,(H,5,6);2H,1H3. The smallest absolute Gasteiger partial charge is 0.332 e. The third kappa shape index (κ3) is 19.2. The normalized spacial score (nSPS) is 10.6. The first kappa shape index (κ1) is 11.0. The SMILES string of the molecule is CC(O)C(=O)O.CC=O. The molecule has 0 fully saturated rings. The fourth-order valence-corrected chi connectivity index (χ4v) is 0. The summed E-state index contributed by atoms with van der Waals surface area (Å²) in [6.45, 7) is 2.64. The molecule has 4 nitrogen and oxygen atoms in total. The summed E-state index contributed by atoms with van der Waals surface area (Å²) in [5, 5.41) is 15.8. The molecule has 4 heteroatoms. The molecule has 9 heavy (non-hydrogen) atoms. The van der Waals surface area contributed by atoms with E-state index in [9.17, 15) is 4.79 Å². The van der Waals surface area contributed by atoms with E-state index in [0.717, 1.165) is 6.29 Å². The summed E-state index contributed by atoms with van der Waals surface area (Å²) < 4.78 is 0. The maximum atomic E-state index is 9.45. The first-order valence-electron chi connectivity index (χ1n) is 2.37. The van der Waals surface area contributed by atoms with Crippen LogP contribution in [0.4, 0.5) is 0 Å². The number of carboxylic acids is 1. The topological polar surface area (TPSA) is 74.6 Å². The van der Waals surface area contributed by atoms with Crippen LogP contribution >= 0.6 is 0 Å². The fourth-order valence-electron chi connectivity index (χ4n) is 0. The van der Waals surface area contributed by atoms with Crippen molar-refractivity contribution >= 4 is 12.3 Å². The van der Waals surface area contributed by atoms with Gasteiger partial charge in [0, 0.05) is 0 Å². The highest BCUT2D eigenvalue weighted by molar-refractivity contribution is 5.71. The molecule has 0 spiro atoms. The lowest BCUT2D eigenvalue weighted by Crippen LogP contribution is -2.13. The van der Waals surface area contributed by atoms with Crippen LogP contribution in [0.3, 0.4) is 0 Å². The molecule has 0 aliphatic carbocycles. The van der Waals surface area contributed by atoms with Crippen LogP contribution in [0, 0.1) is 0 Å². The van der Waals surface area contributed by atoms with Crippen LogP contribution < -0.4 is 0 Å². The Kier molecular flexibility index (Phi) is 8.66. The molecule has 0 rings (SSSR count). The van der Waals surface area contributed by atoms with Crippen molar-refractivity contribution in [2.24, 2.45) is 0 Å². The highest BCUT2D eigenvalue weighted by Gasteiger charge is 2.01.